The first-order valence-corrected chi connectivity index (χ1v) is 14.0. The third kappa shape index (κ3) is 6.58. The second-order valence-electron chi connectivity index (χ2n) is 8.76. The molecule has 0 saturated heterocycles. The van der Waals surface area contributed by atoms with Crippen LogP contribution in [0.4, 0.5) is 5.00 Å². The van der Waals surface area contributed by atoms with Crippen LogP contribution in [0.25, 0.3) is 11.1 Å². The Morgan fingerprint density at radius 3 is 2.56 bits per heavy atom. The van der Waals surface area contributed by atoms with E-state index in [2.05, 4.69) is 29.0 Å². The van der Waals surface area contributed by atoms with E-state index in [0.717, 1.165) is 27.3 Å². The number of benzene rings is 2. The van der Waals surface area contributed by atoms with Gasteiger partial charge in [-0.1, -0.05) is 54.2 Å². The molecule has 0 saturated carbocycles. The first kappa shape index (κ1) is 28.1. The normalized spacial score (nSPS) is 10.8. The van der Waals surface area contributed by atoms with Crippen molar-refractivity contribution in [2.45, 2.75) is 39.1 Å². The van der Waals surface area contributed by atoms with Crippen molar-refractivity contribution in [3.63, 3.8) is 0 Å². The van der Waals surface area contributed by atoms with Gasteiger partial charge >= 0.3 is 5.97 Å². The van der Waals surface area contributed by atoms with Crippen LogP contribution in [0.2, 0.25) is 0 Å². The van der Waals surface area contributed by atoms with Crippen molar-refractivity contribution in [2.24, 2.45) is 0 Å². The monoisotopic (exact) mass is 562 g/mol. The number of thioether (sulfide) groups is 1. The summed E-state index contributed by atoms with van der Waals surface area (Å²) in [7, 11) is 1.33. The minimum atomic E-state index is -0.500. The van der Waals surface area contributed by atoms with Crippen LogP contribution in [0.5, 0.6) is 5.75 Å². The molecule has 0 aliphatic heterocycles. The van der Waals surface area contributed by atoms with Gasteiger partial charge in [0.2, 0.25) is 5.91 Å². The highest BCUT2D eigenvalue weighted by molar-refractivity contribution is 7.99. The Kier molecular flexibility index (Phi) is 9.21. The van der Waals surface area contributed by atoms with Crippen molar-refractivity contribution >= 4 is 40.0 Å². The topological polar surface area (TPSA) is 95.3 Å². The number of nitrogens with zero attached hydrogens (tertiary/aromatic N) is 3. The molecule has 8 nitrogen and oxygen atoms in total. The fourth-order valence-corrected chi connectivity index (χ4v) is 5.82. The van der Waals surface area contributed by atoms with Gasteiger partial charge in [0.1, 0.15) is 22.9 Å². The molecule has 0 atom stereocenters. The Bertz CT molecular complexity index is 1490. The largest absolute Gasteiger partial charge is 0.486 e. The van der Waals surface area contributed by atoms with Crippen molar-refractivity contribution < 1.29 is 19.1 Å². The molecule has 0 bridgehead atoms. The number of esters is 1. The van der Waals surface area contributed by atoms with Gasteiger partial charge in [-0.05, 0) is 49.6 Å². The number of amides is 1. The summed E-state index contributed by atoms with van der Waals surface area (Å²) in [4.78, 5) is 26.6. The van der Waals surface area contributed by atoms with E-state index < -0.39 is 5.97 Å². The molecule has 202 valence electrons. The quantitative estimate of drug-likeness (QED) is 0.132. The molecule has 4 aromatic rings. The number of hydrogen-bond donors (Lipinski definition) is 1. The summed E-state index contributed by atoms with van der Waals surface area (Å²) in [6.45, 7) is 10.5. The van der Waals surface area contributed by atoms with E-state index in [9.17, 15) is 9.59 Å². The first-order valence-electron chi connectivity index (χ1n) is 12.2. The second kappa shape index (κ2) is 12.8. The number of thiophene rings is 1. The maximum Gasteiger partial charge on any atom is 0.341 e. The van der Waals surface area contributed by atoms with Gasteiger partial charge in [0.25, 0.3) is 0 Å². The minimum Gasteiger partial charge on any atom is -0.486 e. The molecule has 10 heteroatoms. The number of ether oxygens (including phenoxy) is 2. The Hall–Kier alpha value is -3.89. The summed E-state index contributed by atoms with van der Waals surface area (Å²) in [5, 5.41) is 12.5. The maximum absolute atomic E-state index is 13.0. The van der Waals surface area contributed by atoms with E-state index in [1.807, 2.05) is 66.9 Å². The summed E-state index contributed by atoms with van der Waals surface area (Å²) >= 11 is 2.60. The van der Waals surface area contributed by atoms with Crippen LogP contribution < -0.4 is 10.1 Å². The number of aromatic nitrogens is 3. The van der Waals surface area contributed by atoms with Gasteiger partial charge in [-0.25, -0.2) is 4.79 Å². The average molecular weight is 563 g/mol. The van der Waals surface area contributed by atoms with E-state index >= 15 is 0 Å². The van der Waals surface area contributed by atoms with E-state index in [4.69, 9.17) is 9.47 Å². The number of allylic oxidation sites excluding steroid dienone is 1. The van der Waals surface area contributed by atoms with E-state index in [0.29, 0.717) is 28.1 Å². The predicted octanol–water partition coefficient (Wildman–Crippen LogP) is 6.21. The summed E-state index contributed by atoms with van der Waals surface area (Å²) in [6, 6.07) is 15.5. The fraction of sp³-hybridized carbons (Fsp3) is 0.241. The summed E-state index contributed by atoms with van der Waals surface area (Å²) in [6.07, 6.45) is 1.75. The number of hydrogen-bond acceptors (Lipinski definition) is 8. The highest BCUT2D eigenvalue weighted by Crippen LogP contribution is 2.40. The maximum atomic E-state index is 13.0. The van der Waals surface area contributed by atoms with Gasteiger partial charge in [0, 0.05) is 17.0 Å². The van der Waals surface area contributed by atoms with Crippen LogP contribution in [0.15, 0.2) is 66.3 Å². The fourth-order valence-electron chi connectivity index (χ4n) is 3.97. The third-order valence-electron chi connectivity index (χ3n) is 6.07. The molecule has 0 fully saturated rings. The molecule has 0 aliphatic carbocycles. The molecule has 0 aliphatic rings. The molecular formula is C29H30N4O4S2. The lowest BCUT2D eigenvalue weighted by Crippen LogP contribution is -2.16. The van der Waals surface area contributed by atoms with Gasteiger partial charge in [0.15, 0.2) is 11.0 Å². The summed E-state index contributed by atoms with van der Waals surface area (Å²) < 4.78 is 12.9. The molecule has 2 aromatic carbocycles. The Labute approximate surface area is 236 Å². The number of methoxy groups -OCH3 is 1. The third-order valence-corrected chi connectivity index (χ3v) is 8.06. The number of rotatable bonds is 11. The highest BCUT2D eigenvalue weighted by Gasteiger charge is 2.25. The minimum absolute atomic E-state index is 0.0749. The average Bonchev–Trinajstić information content (AvgIpc) is 3.47. The van der Waals surface area contributed by atoms with Crippen LogP contribution in [0.3, 0.4) is 0 Å². The Morgan fingerprint density at radius 2 is 1.87 bits per heavy atom. The van der Waals surface area contributed by atoms with Crippen molar-refractivity contribution in [3.05, 3.63) is 88.6 Å². The number of carbonyl (C=O) groups is 2. The summed E-state index contributed by atoms with van der Waals surface area (Å²) in [5.41, 5.74) is 4.34. The van der Waals surface area contributed by atoms with Crippen LogP contribution in [0.1, 0.15) is 32.2 Å². The molecule has 1 amide bonds. The van der Waals surface area contributed by atoms with Crippen molar-refractivity contribution in [1.82, 2.24) is 14.8 Å². The SMILES string of the molecule is C=CCn1c(COc2ccc(C)c(C)c2)nnc1SCC(=O)Nc1sc(C)c(-c2ccccc2)c1C(=O)OC. The van der Waals surface area contributed by atoms with Gasteiger partial charge in [-0.3, -0.25) is 9.36 Å². The smallest absolute Gasteiger partial charge is 0.341 e. The van der Waals surface area contributed by atoms with Crippen LogP contribution in [0, 0.1) is 20.8 Å². The first-order chi connectivity index (χ1) is 18.8. The van der Waals surface area contributed by atoms with Crippen LogP contribution in [-0.4, -0.2) is 39.5 Å². The van der Waals surface area contributed by atoms with Crippen LogP contribution >= 0.6 is 23.1 Å². The highest BCUT2D eigenvalue weighted by atomic mass is 32.2. The second-order valence-corrected chi connectivity index (χ2v) is 10.9. The molecule has 1 N–H and O–H groups in total. The lowest BCUT2D eigenvalue weighted by atomic mass is 10.0. The molecule has 0 spiro atoms. The number of aryl methyl sites for hydroxylation is 3. The zero-order chi connectivity index (χ0) is 27.9. The Balaban J connectivity index is 1.47. The predicted molar refractivity (Wildman–Crippen MR) is 156 cm³/mol. The van der Waals surface area contributed by atoms with Crippen molar-refractivity contribution in [2.75, 3.05) is 18.2 Å². The lowest BCUT2D eigenvalue weighted by molar-refractivity contribution is -0.113. The van der Waals surface area contributed by atoms with E-state index in [1.54, 1.807) is 6.08 Å². The zero-order valence-electron chi connectivity index (χ0n) is 22.3. The zero-order valence-corrected chi connectivity index (χ0v) is 23.9. The standard InChI is InChI=1S/C29H30N4O4S2/c1-6-14-33-23(16-37-22-13-12-18(2)19(3)15-22)31-32-29(33)38-17-24(34)30-27-26(28(35)36-5)25(20(4)39-27)21-10-8-7-9-11-21/h6-13,15H,1,14,16-17H2,2-5H3,(H,30,34). The number of anilines is 1. The molecule has 39 heavy (non-hydrogen) atoms. The van der Waals surface area contributed by atoms with Crippen molar-refractivity contribution in [1.29, 1.82) is 0 Å². The molecule has 0 radical (unpaired) electrons. The Morgan fingerprint density at radius 1 is 1.10 bits per heavy atom. The molecule has 2 aromatic heterocycles. The molecule has 4 rings (SSSR count). The molecule has 0 unspecified atom stereocenters. The van der Waals surface area contributed by atoms with Crippen LogP contribution in [-0.2, 0) is 22.7 Å². The number of nitrogens with one attached hydrogen (secondary N) is 1. The lowest BCUT2D eigenvalue weighted by Gasteiger charge is -2.10. The molecule has 2 heterocycles. The van der Waals surface area contributed by atoms with Gasteiger partial charge in [-0.2, -0.15) is 0 Å². The summed E-state index contributed by atoms with van der Waals surface area (Å²) in [5.74, 6) is 0.686. The van der Waals surface area contributed by atoms with E-state index in [-0.39, 0.29) is 18.3 Å². The number of carbonyl (C=O) groups excluding carboxylic acids is 2. The van der Waals surface area contributed by atoms with Gasteiger partial charge in [-0.15, -0.1) is 28.1 Å². The van der Waals surface area contributed by atoms with Gasteiger partial charge < -0.3 is 14.8 Å². The van der Waals surface area contributed by atoms with Gasteiger partial charge in [0.05, 0.1) is 12.9 Å². The molecular weight excluding hydrogens is 532 g/mol. The van der Waals surface area contributed by atoms with E-state index in [1.165, 1.54) is 35.8 Å². The van der Waals surface area contributed by atoms with Crippen molar-refractivity contribution in [3.8, 4) is 16.9 Å².